The third kappa shape index (κ3) is 6.46. The molecular weight excluding hydrogens is 180 g/mol. The van der Waals surface area contributed by atoms with E-state index in [1.807, 2.05) is 5.41 Å². The van der Waals surface area contributed by atoms with E-state index < -0.39 is 0 Å². The van der Waals surface area contributed by atoms with Crippen LogP contribution in [0.1, 0.15) is 26.7 Å². The van der Waals surface area contributed by atoms with Crippen molar-refractivity contribution in [3.05, 3.63) is 23.8 Å². The Bertz CT molecular complexity index is 207. The lowest BCUT2D eigenvalue weighted by Crippen LogP contribution is -2.17. The van der Waals surface area contributed by atoms with Crippen molar-refractivity contribution in [2.45, 2.75) is 26.7 Å². The Morgan fingerprint density at radius 2 is 2.23 bits per heavy atom. The van der Waals surface area contributed by atoms with Crippen LogP contribution >= 0.6 is 11.8 Å². The summed E-state index contributed by atoms with van der Waals surface area (Å²) in [5.41, 5.74) is 0.998. The Labute approximate surface area is 85.2 Å². The summed E-state index contributed by atoms with van der Waals surface area (Å²) in [6.07, 6.45) is 4.09. The fourth-order valence-electron chi connectivity index (χ4n) is 0.586. The number of amidine groups is 1. The third-order valence-corrected chi connectivity index (χ3v) is 2.26. The highest BCUT2D eigenvalue weighted by Crippen LogP contribution is 2.06. The number of hydrogen-bond donors (Lipinski definition) is 1. The molecule has 0 amide bonds. The van der Waals surface area contributed by atoms with Gasteiger partial charge in [-0.1, -0.05) is 38.3 Å². The van der Waals surface area contributed by atoms with Gasteiger partial charge in [0.2, 0.25) is 0 Å². The topological polar surface area (TPSA) is 24.4 Å². The maximum absolute atomic E-state index is 4.10. The van der Waals surface area contributed by atoms with Crippen LogP contribution in [0.4, 0.5) is 0 Å². The molecule has 0 radical (unpaired) electrons. The van der Waals surface area contributed by atoms with E-state index in [-0.39, 0.29) is 0 Å². The van der Waals surface area contributed by atoms with Gasteiger partial charge in [-0.15, -0.1) is 0 Å². The zero-order valence-electron chi connectivity index (χ0n) is 8.63. The first kappa shape index (κ1) is 12.3. The quantitative estimate of drug-likeness (QED) is 0.554. The predicted molar refractivity (Wildman–Crippen MR) is 62.9 cm³/mol. The van der Waals surface area contributed by atoms with Crippen molar-refractivity contribution in [3.63, 3.8) is 0 Å². The van der Waals surface area contributed by atoms with Gasteiger partial charge >= 0.3 is 0 Å². The summed E-state index contributed by atoms with van der Waals surface area (Å²) in [5.74, 6) is 0. The van der Waals surface area contributed by atoms with E-state index in [2.05, 4.69) is 36.8 Å². The van der Waals surface area contributed by atoms with E-state index >= 15 is 0 Å². The number of nitrogens with zero attached hydrogens (tertiary/aromatic N) is 1. The molecule has 74 valence electrons. The number of thioether (sulfide) groups is 1. The molecule has 0 atom stereocenters. The van der Waals surface area contributed by atoms with Gasteiger partial charge in [0.25, 0.3) is 0 Å². The molecule has 0 rings (SSSR count). The number of aliphatic imine (C=N–C) groups is 1. The zero-order valence-corrected chi connectivity index (χ0v) is 9.45. The van der Waals surface area contributed by atoms with E-state index in [0.717, 1.165) is 23.7 Å². The smallest absolute Gasteiger partial charge is 0.164 e. The maximum atomic E-state index is 4.10. The highest BCUT2D eigenvalue weighted by Gasteiger charge is 1.96. The molecule has 0 aliphatic carbocycles. The Morgan fingerprint density at radius 3 is 2.69 bits per heavy atom. The van der Waals surface area contributed by atoms with Crippen molar-refractivity contribution in [2.24, 2.45) is 4.99 Å². The van der Waals surface area contributed by atoms with Crippen LogP contribution in [0.3, 0.4) is 0 Å². The molecule has 3 heteroatoms. The van der Waals surface area contributed by atoms with Gasteiger partial charge in [-0.05, 0) is 18.2 Å². The Kier molecular flexibility index (Phi) is 7.50. The molecule has 0 aromatic carbocycles. The minimum Gasteiger partial charge on any atom is -0.339 e. The zero-order chi connectivity index (χ0) is 10.1. The summed E-state index contributed by atoms with van der Waals surface area (Å²) in [7, 11) is 1.78. The van der Waals surface area contributed by atoms with Gasteiger partial charge < -0.3 is 5.32 Å². The second-order valence-electron chi connectivity index (χ2n) is 2.51. The highest BCUT2D eigenvalue weighted by atomic mass is 32.2. The van der Waals surface area contributed by atoms with Crippen LogP contribution in [0.2, 0.25) is 0 Å². The molecule has 0 aromatic heterocycles. The third-order valence-electron chi connectivity index (χ3n) is 1.43. The Hall–Kier alpha value is -0.700. The van der Waals surface area contributed by atoms with Gasteiger partial charge in [0, 0.05) is 12.7 Å². The molecule has 0 spiro atoms. The average Bonchev–Trinajstić information content (AvgIpc) is 2.16. The summed E-state index contributed by atoms with van der Waals surface area (Å²) in [6, 6.07) is 0. The van der Waals surface area contributed by atoms with Crippen LogP contribution in [0.25, 0.3) is 0 Å². The van der Waals surface area contributed by atoms with Crippen molar-refractivity contribution in [1.82, 2.24) is 5.32 Å². The fourth-order valence-corrected chi connectivity index (χ4v) is 1.31. The molecule has 0 saturated carbocycles. The van der Waals surface area contributed by atoms with E-state index in [1.165, 1.54) is 0 Å². The van der Waals surface area contributed by atoms with Crippen LogP contribution in [0, 0.1) is 0 Å². The van der Waals surface area contributed by atoms with Crippen LogP contribution in [0.5, 0.6) is 0 Å². The molecule has 0 fully saturated rings. The first-order valence-electron chi connectivity index (χ1n) is 4.47. The lowest BCUT2D eigenvalue weighted by atomic mass is 10.4. The van der Waals surface area contributed by atoms with Crippen molar-refractivity contribution in [1.29, 1.82) is 0 Å². The van der Waals surface area contributed by atoms with Crippen LogP contribution in [0.15, 0.2) is 28.8 Å². The van der Waals surface area contributed by atoms with Crippen LogP contribution in [-0.4, -0.2) is 12.2 Å². The van der Waals surface area contributed by atoms with Gasteiger partial charge in [0.1, 0.15) is 0 Å². The lowest BCUT2D eigenvalue weighted by molar-refractivity contribution is 0.994. The Balaban J connectivity index is 3.91. The lowest BCUT2D eigenvalue weighted by Gasteiger charge is -2.06. The van der Waals surface area contributed by atoms with Gasteiger partial charge in [-0.25, -0.2) is 0 Å². The van der Waals surface area contributed by atoms with Gasteiger partial charge in [0.05, 0.1) is 0 Å². The Morgan fingerprint density at radius 1 is 1.54 bits per heavy atom. The maximum Gasteiger partial charge on any atom is 0.164 e. The van der Waals surface area contributed by atoms with Crippen molar-refractivity contribution in [3.8, 4) is 0 Å². The monoisotopic (exact) mass is 198 g/mol. The SMILES string of the molecule is C=C(CC)NC(=NC)S/C=C/CC. The van der Waals surface area contributed by atoms with Gasteiger partial charge in [0.15, 0.2) is 5.17 Å². The fraction of sp³-hybridized carbons (Fsp3) is 0.500. The van der Waals surface area contributed by atoms with Crippen LogP contribution in [-0.2, 0) is 0 Å². The molecule has 0 aromatic rings. The van der Waals surface area contributed by atoms with E-state index in [1.54, 1.807) is 18.8 Å². The number of allylic oxidation sites excluding steroid dienone is 2. The van der Waals surface area contributed by atoms with Crippen molar-refractivity contribution < 1.29 is 0 Å². The molecule has 0 aliphatic rings. The number of hydrogen-bond acceptors (Lipinski definition) is 2. The van der Waals surface area contributed by atoms with Gasteiger partial charge in [-0.2, -0.15) is 0 Å². The standard InChI is InChI=1S/C10H18N2S/c1-5-7-8-13-10(11-4)12-9(3)6-2/h7-8H,3,5-6H2,1-2,4H3,(H,11,12)/b8-7+. The second-order valence-corrected chi connectivity index (χ2v) is 3.40. The molecule has 0 heterocycles. The first-order valence-corrected chi connectivity index (χ1v) is 5.35. The number of nitrogens with one attached hydrogen (secondary N) is 1. The summed E-state index contributed by atoms with van der Waals surface area (Å²) >= 11 is 1.59. The van der Waals surface area contributed by atoms with Crippen LogP contribution < -0.4 is 5.32 Å². The largest absolute Gasteiger partial charge is 0.339 e. The molecule has 13 heavy (non-hydrogen) atoms. The predicted octanol–water partition coefficient (Wildman–Crippen LogP) is 3.14. The molecule has 0 unspecified atom stereocenters. The molecule has 1 N–H and O–H groups in total. The molecule has 0 bridgehead atoms. The summed E-state index contributed by atoms with van der Waals surface area (Å²) in [6.45, 7) is 8.03. The van der Waals surface area contributed by atoms with Crippen molar-refractivity contribution in [2.75, 3.05) is 7.05 Å². The summed E-state index contributed by atoms with van der Waals surface area (Å²) in [5, 5.41) is 6.08. The minimum atomic E-state index is 0.900. The van der Waals surface area contributed by atoms with E-state index in [0.29, 0.717) is 0 Å². The first-order chi connectivity index (χ1) is 6.24. The molecule has 0 saturated heterocycles. The molecule has 2 nitrogen and oxygen atoms in total. The number of rotatable bonds is 4. The normalized spacial score (nSPS) is 12.1. The average molecular weight is 198 g/mol. The second kappa shape index (κ2) is 7.92. The summed E-state index contributed by atoms with van der Waals surface area (Å²) < 4.78 is 0. The van der Waals surface area contributed by atoms with Crippen molar-refractivity contribution >= 4 is 16.9 Å². The van der Waals surface area contributed by atoms with Gasteiger partial charge in [-0.3, -0.25) is 4.99 Å². The molecular formula is C10H18N2S. The highest BCUT2D eigenvalue weighted by molar-refractivity contribution is 8.16. The van der Waals surface area contributed by atoms with E-state index in [9.17, 15) is 0 Å². The minimum absolute atomic E-state index is 0.900. The van der Waals surface area contributed by atoms with E-state index in [4.69, 9.17) is 0 Å². The summed E-state index contributed by atoms with van der Waals surface area (Å²) in [4.78, 5) is 4.10. The molecule has 0 aliphatic heterocycles.